The van der Waals surface area contributed by atoms with Crippen molar-refractivity contribution in [2.24, 2.45) is 0 Å². The predicted octanol–water partition coefficient (Wildman–Crippen LogP) is 1.47. The molecule has 0 unspecified atom stereocenters. The molecular weight excluding hydrogens is 188 g/mol. The maximum Gasteiger partial charge on any atom is 0.0733 e. The molecule has 0 saturated carbocycles. The van der Waals surface area contributed by atoms with E-state index in [1.165, 1.54) is 0 Å². The lowest BCUT2D eigenvalue weighted by Crippen LogP contribution is -2.14. The van der Waals surface area contributed by atoms with Gasteiger partial charge in [-0.2, -0.15) is 0 Å². The number of rotatable bonds is 5. The van der Waals surface area contributed by atoms with Crippen molar-refractivity contribution in [2.75, 3.05) is 20.2 Å². The number of nitrogens with zero attached hydrogens (tertiary/aromatic N) is 1. The van der Waals surface area contributed by atoms with Crippen LogP contribution in [0.3, 0.4) is 0 Å². The first-order valence-corrected chi connectivity index (χ1v) is 4.53. The van der Waals surface area contributed by atoms with Gasteiger partial charge in [0.2, 0.25) is 0 Å². The van der Waals surface area contributed by atoms with Gasteiger partial charge >= 0.3 is 0 Å². The number of hydrogen-bond acceptors (Lipinski definition) is 3. The molecule has 0 spiro atoms. The van der Waals surface area contributed by atoms with Crippen molar-refractivity contribution in [3.63, 3.8) is 0 Å². The van der Waals surface area contributed by atoms with Crippen LogP contribution in [0.5, 0.6) is 0 Å². The quantitative estimate of drug-likeness (QED) is 0.731. The Morgan fingerprint density at radius 1 is 1.62 bits per heavy atom. The molecule has 0 aliphatic rings. The molecule has 1 aromatic rings. The monoisotopic (exact) mass is 200 g/mol. The second-order valence-corrected chi connectivity index (χ2v) is 3.03. The number of likely N-dealkylation sites (N-methyl/N-ethyl adjacent to an activating group) is 1. The van der Waals surface area contributed by atoms with E-state index in [0.29, 0.717) is 18.2 Å². The van der Waals surface area contributed by atoms with Crippen LogP contribution in [0.15, 0.2) is 18.5 Å². The SMILES string of the molecule is CNCCOCc1ccncc1Cl. The van der Waals surface area contributed by atoms with E-state index in [4.69, 9.17) is 16.3 Å². The Bertz CT molecular complexity index is 255. The number of hydrogen-bond donors (Lipinski definition) is 1. The first-order valence-electron chi connectivity index (χ1n) is 4.15. The molecule has 0 atom stereocenters. The first-order chi connectivity index (χ1) is 6.34. The maximum atomic E-state index is 5.88. The van der Waals surface area contributed by atoms with Gasteiger partial charge in [0.1, 0.15) is 0 Å². The average Bonchev–Trinajstić information content (AvgIpc) is 2.15. The molecule has 13 heavy (non-hydrogen) atoms. The Balaban J connectivity index is 2.32. The number of halogens is 1. The second kappa shape index (κ2) is 5.91. The average molecular weight is 201 g/mol. The molecule has 0 amide bonds. The summed E-state index contributed by atoms with van der Waals surface area (Å²) in [5.74, 6) is 0. The summed E-state index contributed by atoms with van der Waals surface area (Å²) in [5.41, 5.74) is 0.979. The Kier molecular flexibility index (Phi) is 4.75. The third-order valence-electron chi connectivity index (χ3n) is 1.61. The van der Waals surface area contributed by atoms with Crippen molar-refractivity contribution in [3.8, 4) is 0 Å². The molecule has 1 heterocycles. The van der Waals surface area contributed by atoms with Gasteiger partial charge in [-0.15, -0.1) is 0 Å². The minimum absolute atomic E-state index is 0.545. The lowest BCUT2D eigenvalue weighted by molar-refractivity contribution is 0.124. The number of aromatic nitrogens is 1. The van der Waals surface area contributed by atoms with Gasteiger partial charge in [-0.25, -0.2) is 0 Å². The van der Waals surface area contributed by atoms with Crippen LogP contribution in [-0.2, 0) is 11.3 Å². The molecule has 0 aliphatic heterocycles. The van der Waals surface area contributed by atoms with Gasteiger partial charge in [-0.3, -0.25) is 4.98 Å². The Hall–Kier alpha value is -0.640. The third kappa shape index (κ3) is 3.72. The van der Waals surface area contributed by atoms with Gasteiger partial charge in [0, 0.05) is 18.9 Å². The summed E-state index contributed by atoms with van der Waals surface area (Å²) in [6, 6.07) is 1.86. The summed E-state index contributed by atoms with van der Waals surface area (Å²) in [7, 11) is 1.89. The van der Waals surface area contributed by atoms with Crippen molar-refractivity contribution in [1.29, 1.82) is 0 Å². The Morgan fingerprint density at radius 3 is 3.15 bits per heavy atom. The van der Waals surface area contributed by atoms with Crippen molar-refractivity contribution in [1.82, 2.24) is 10.3 Å². The van der Waals surface area contributed by atoms with Crippen LogP contribution < -0.4 is 5.32 Å². The van der Waals surface area contributed by atoms with Gasteiger partial charge in [0.15, 0.2) is 0 Å². The van der Waals surface area contributed by atoms with Crippen LogP contribution in [-0.4, -0.2) is 25.2 Å². The smallest absolute Gasteiger partial charge is 0.0733 e. The summed E-state index contributed by atoms with van der Waals surface area (Å²) >= 11 is 5.88. The summed E-state index contributed by atoms with van der Waals surface area (Å²) in [6.45, 7) is 2.08. The molecule has 0 aliphatic carbocycles. The number of pyridine rings is 1. The molecule has 4 heteroatoms. The van der Waals surface area contributed by atoms with E-state index in [2.05, 4.69) is 10.3 Å². The molecular formula is C9H13ClN2O. The summed E-state index contributed by atoms with van der Waals surface area (Å²) < 4.78 is 5.37. The predicted molar refractivity (Wildman–Crippen MR) is 52.8 cm³/mol. The van der Waals surface area contributed by atoms with Gasteiger partial charge in [0.25, 0.3) is 0 Å². The highest BCUT2D eigenvalue weighted by atomic mass is 35.5. The Labute approximate surface area is 83.1 Å². The highest BCUT2D eigenvalue weighted by Crippen LogP contribution is 2.13. The van der Waals surface area contributed by atoms with E-state index >= 15 is 0 Å². The third-order valence-corrected chi connectivity index (χ3v) is 1.95. The zero-order valence-electron chi connectivity index (χ0n) is 7.59. The summed E-state index contributed by atoms with van der Waals surface area (Å²) in [5, 5.41) is 3.66. The van der Waals surface area contributed by atoms with Crippen LogP contribution in [0.2, 0.25) is 5.02 Å². The van der Waals surface area contributed by atoms with Gasteiger partial charge in [-0.05, 0) is 18.7 Å². The normalized spacial score (nSPS) is 10.3. The number of ether oxygens (including phenoxy) is 1. The second-order valence-electron chi connectivity index (χ2n) is 2.62. The molecule has 72 valence electrons. The van der Waals surface area contributed by atoms with E-state index in [1.54, 1.807) is 12.4 Å². The highest BCUT2D eigenvalue weighted by Gasteiger charge is 1.98. The summed E-state index contributed by atoms with van der Waals surface area (Å²) in [4.78, 5) is 3.89. The molecule has 1 rings (SSSR count). The first kappa shape index (κ1) is 10.4. The molecule has 3 nitrogen and oxygen atoms in total. The van der Waals surface area contributed by atoms with Crippen molar-refractivity contribution < 1.29 is 4.74 Å². The van der Waals surface area contributed by atoms with Crippen LogP contribution in [0.25, 0.3) is 0 Å². The van der Waals surface area contributed by atoms with Crippen LogP contribution in [0.1, 0.15) is 5.56 Å². The van der Waals surface area contributed by atoms with E-state index in [1.807, 2.05) is 13.1 Å². The van der Waals surface area contributed by atoms with E-state index in [0.717, 1.165) is 12.1 Å². The van der Waals surface area contributed by atoms with E-state index < -0.39 is 0 Å². The van der Waals surface area contributed by atoms with Crippen molar-refractivity contribution in [3.05, 3.63) is 29.0 Å². The van der Waals surface area contributed by atoms with Gasteiger partial charge in [0.05, 0.1) is 18.2 Å². The van der Waals surface area contributed by atoms with E-state index in [9.17, 15) is 0 Å². The molecule has 0 aromatic carbocycles. The van der Waals surface area contributed by atoms with Gasteiger partial charge in [-0.1, -0.05) is 11.6 Å². The molecule has 0 radical (unpaired) electrons. The highest BCUT2D eigenvalue weighted by molar-refractivity contribution is 6.31. The molecule has 1 N–H and O–H groups in total. The maximum absolute atomic E-state index is 5.88. The fourth-order valence-corrected chi connectivity index (χ4v) is 1.05. The lowest BCUT2D eigenvalue weighted by atomic mass is 10.3. The van der Waals surface area contributed by atoms with E-state index in [-0.39, 0.29) is 0 Å². The largest absolute Gasteiger partial charge is 0.375 e. The zero-order chi connectivity index (χ0) is 9.52. The minimum Gasteiger partial charge on any atom is -0.375 e. The van der Waals surface area contributed by atoms with Crippen LogP contribution >= 0.6 is 11.6 Å². The lowest BCUT2D eigenvalue weighted by Gasteiger charge is -2.04. The molecule has 0 bridgehead atoms. The van der Waals surface area contributed by atoms with Crippen molar-refractivity contribution >= 4 is 11.6 Å². The Morgan fingerprint density at radius 2 is 2.46 bits per heavy atom. The van der Waals surface area contributed by atoms with Crippen molar-refractivity contribution in [2.45, 2.75) is 6.61 Å². The minimum atomic E-state index is 0.545. The zero-order valence-corrected chi connectivity index (χ0v) is 8.34. The van der Waals surface area contributed by atoms with Gasteiger partial charge < -0.3 is 10.1 Å². The fourth-order valence-electron chi connectivity index (χ4n) is 0.877. The fraction of sp³-hybridized carbons (Fsp3) is 0.444. The summed E-state index contributed by atoms with van der Waals surface area (Å²) in [6.07, 6.45) is 3.33. The number of nitrogens with one attached hydrogen (secondary N) is 1. The van der Waals surface area contributed by atoms with Crippen LogP contribution in [0, 0.1) is 0 Å². The molecule has 0 fully saturated rings. The molecule has 1 aromatic heterocycles. The topological polar surface area (TPSA) is 34.1 Å². The molecule has 0 saturated heterocycles. The van der Waals surface area contributed by atoms with Crippen LogP contribution in [0.4, 0.5) is 0 Å². The standard InChI is InChI=1S/C9H13ClN2O/c1-11-4-5-13-7-8-2-3-12-6-9(8)10/h2-3,6,11H,4-5,7H2,1H3.